The maximum absolute atomic E-state index is 5.41. The van der Waals surface area contributed by atoms with E-state index in [1.807, 2.05) is 12.1 Å². The Morgan fingerprint density at radius 2 is 1.50 bits per heavy atom. The van der Waals surface area contributed by atoms with Gasteiger partial charge in [0.2, 0.25) is 6.79 Å². The number of anilines is 1. The van der Waals surface area contributed by atoms with E-state index in [1.165, 1.54) is 16.8 Å². The average Bonchev–Trinajstić information content (AvgIpc) is 3.05. The van der Waals surface area contributed by atoms with E-state index in [4.69, 9.17) is 9.47 Å². The first-order valence-corrected chi connectivity index (χ1v) is 8.23. The van der Waals surface area contributed by atoms with E-state index < -0.39 is 0 Å². The molecule has 130 valence electrons. The predicted octanol–water partition coefficient (Wildman–Crippen LogP) is 0.555. The van der Waals surface area contributed by atoms with Gasteiger partial charge < -0.3 is 32.1 Å². The molecule has 24 heavy (non-hydrogen) atoms. The van der Waals surface area contributed by atoms with Gasteiger partial charge in [-0.15, -0.1) is 0 Å². The van der Waals surface area contributed by atoms with Crippen LogP contribution in [0.25, 0.3) is 0 Å². The lowest BCUT2D eigenvalue weighted by molar-refractivity contribution is -0.00000632. The summed E-state index contributed by atoms with van der Waals surface area (Å²) in [4.78, 5) is 2.35. The fourth-order valence-corrected chi connectivity index (χ4v) is 2.82. The first-order chi connectivity index (χ1) is 11.3. The number of nitrogens with one attached hydrogen (secondary N) is 1. The van der Waals surface area contributed by atoms with Crippen LogP contribution in [0.2, 0.25) is 0 Å². The van der Waals surface area contributed by atoms with Crippen molar-refractivity contribution in [3.8, 4) is 11.5 Å². The van der Waals surface area contributed by atoms with Crippen LogP contribution in [0.5, 0.6) is 11.5 Å². The van der Waals surface area contributed by atoms with Crippen molar-refractivity contribution >= 4 is 5.69 Å². The number of ether oxygens (including phenoxy) is 2. The standard InChI is InChI=1S/C19H24N2O2.ClH/c1-3-21(4-2)17-8-5-15(6-9-17)12-20-13-16-7-10-18-19(11-16)23-14-22-18;/h5-11,20H,3-4,12-14H2,1-2H3;1H/p-1. The molecule has 5 heteroatoms. The normalized spacial score (nSPS) is 11.9. The highest BCUT2D eigenvalue weighted by molar-refractivity contribution is 5.47. The van der Waals surface area contributed by atoms with Crippen LogP contribution >= 0.6 is 0 Å². The molecule has 0 unspecified atom stereocenters. The third-order valence-electron chi connectivity index (χ3n) is 4.16. The molecule has 4 nitrogen and oxygen atoms in total. The van der Waals surface area contributed by atoms with Crippen molar-refractivity contribution in [2.24, 2.45) is 0 Å². The van der Waals surface area contributed by atoms with Gasteiger partial charge in [0.05, 0.1) is 0 Å². The lowest BCUT2D eigenvalue weighted by atomic mass is 10.1. The Hall–Kier alpha value is -1.91. The van der Waals surface area contributed by atoms with E-state index in [9.17, 15) is 0 Å². The molecule has 0 saturated carbocycles. The molecule has 0 atom stereocenters. The van der Waals surface area contributed by atoms with Gasteiger partial charge in [-0.2, -0.15) is 0 Å². The monoisotopic (exact) mass is 347 g/mol. The van der Waals surface area contributed by atoms with Crippen LogP contribution < -0.4 is 32.1 Å². The molecule has 3 rings (SSSR count). The van der Waals surface area contributed by atoms with Crippen molar-refractivity contribution < 1.29 is 21.9 Å². The third-order valence-corrected chi connectivity index (χ3v) is 4.16. The summed E-state index contributed by atoms with van der Waals surface area (Å²) in [6.07, 6.45) is 0. The van der Waals surface area contributed by atoms with E-state index >= 15 is 0 Å². The van der Waals surface area contributed by atoms with Gasteiger partial charge >= 0.3 is 0 Å². The van der Waals surface area contributed by atoms with Gasteiger partial charge in [-0.25, -0.2) is 0 Å². The van der Waals surface area contributed by atoms with Crippen LogP contribution in [-0.2, 0) is 13.1 Å². The first kappa shape index (κ1) is 18.4. The number of hydrogen-bond donors (Lipinski definition) is 1. The van der Waals surface area contributed by atoms with E-state index in [0.29, 0.717) is 6.79 Å². The topological polar surface area (TPSA) is 33.7 Å². The summed E-state index contributed by atoms with van der Waals surface area (Å²) in [6, 6.07) is 14.9. The van der Waals surface area contributed by atoms with Gasteiger partial charge in [0, 0.05) is 31.9 Å². The summed E-state index contributed by atoms with van der Waals surface area (Å²) >= 11 is 0. The lowest BCUT2D eigenvalue weighted by Gasteiger charge is -2.21. The molecule has 1 N–H and O–H groups in total. The van der Waals surface area contributed by atoms with Crippen LogP contribution in [0, 0.1) is 0 Å². The average molecular weight is 348 g/mol. The Kier molecular flexibility index (Phi) is 6.76. The summed E-state index contributed by atoms with van der Waals surface area (Å²) in [5, 5.41) is 3.48. The van der Waals surface area contributed by atoms with Gasteiger partial charge in [-0.3, -0.25) is 0 Å². The highest BCUT2D eigenvalue weighted by atomic mass is 35.5. The smallest absolute Gasteiger partial charge is 0.231 e. The maximum Gasteiger partial charge on any atom is 0.231 e. The Balaban J connectivity index is 0.00000208. The SMILES string of the molecule is CCN(CC)c1ccc(CNCc2ccc3c(c2)OCO3)cc1.[Cl-]. The fraction of sp³-hybridized carbons (Fsp3) is 0.368. The summed E-state index contributed by atoms with van der Waals surface area (Å²) in [7, 11) is 0. The minimum atomic E-state index is 0. The highest BCUT2D eigenvalue weighted by Gasteiger charge is 2.12. The van der Waals surface area contributed by atoms with Crippen molar-refractivity contribution in [1.29, 1.82) is 0 Å². The van der Waals surface area contributed by atoms with Gasteiger partial charge in [0.25, 0.3) is 0 Å². The van der Waals surface area contributed by atoms with E-state index in [2.05, 4.69) is 54.4 Å². The molecule has 0 amide bonds. The summed E-state index contributed by atoms with van der Waals surface area (Å²) in [5.41, 5.74) is 3.78. The Morgan fingerprint density at radius 3 is 2.21 bits per heavy atom. The Morgan fingerprint density at radius 1 is 0.875 bits per heavy atom. The maximum atomic E-state index is 5.41. The largest absolute Gasteiger partial charge is 1.00 e. The fourth-order valence-electron chi connectivity index (χ4n) is 2.82. The third kappa shape index (κ3) is 4.34. The van der Waals surface area contributed by atoms with Crippen molar-refractivity contribution in [2.45, 2.75) is 26.9 Å². The van der Waals surface area contributed by atoms with Crippen LogP contribution in [0.3, 0.4) is 0 Å². The number of hydrogen-bond acceptors (Lipinski definition) is 4. The van der Waals surface area contributed by atoms with E-state index in [0.717, 1.165) is 37.7 Å². The second kappa shape index (κ2) is 8.81. The number of rotatable bonds is 7. The number of fused-ring (bicyclic) bond motifs is 1. The molecular formula is C19H24ClN2O2-. The van der Waals surface area contributed by atoms with E-state index in [-0.39, 0.29) is 12.4 Å². The lowest BCUT2D eigenvalue weighted by Crippen LogP contribution is -3.00. The van der Waals surface area contributed by atoms with Crippen LogP contribution in [0.15, 0.2) is 42.5 Å². The molecule has 0 spiro atoms. The molecule has 1 aliphatic heterocycles. The number of benzene rings is 2. The highest BCUT2D eigenvalue weighted by Crippen LogP contribution is 2.32. The van der Waals surface area contributed by atoms with Gasteiger partial charge in [-0.1, -0.05) is 18.2 Å². The molecule has 1 aliphatic rings. The van der Waals surface area contributed by atoms with Crippen molar-refractivity contribution in [3.05, 3.63) is 53.6 Å². The molecule has 2 aromatic rings. The second-order valence-corrected chi connectivity index (χ2v) is 5.63. The summed E-state index contributed by atoms with van der Waals surface area (Å²) in [6.45, 7) is 8.44. The Bertz CT molecular complexity index is 642. The zero-order valence-electron chi connectivity index (χ0n) is 14.2. The molecule has 2 aromatic carbocycles. The molecule has 0 aliphatic carbocycles. The van der Waals surface area contributed by atoms with E-state index in [1.54, 1.807) is 0 Å². The van der Waals surface area contributed by atoms with Crippen LogP contribution in [0.4, 0.5) is 5.69 Å². The zero-order valence-corrected chi connectivity index (χ0v) is 15.0. The Labute approximate surface area is 150 Å². The minimum absolute atomic E-state index is 0. The van der Waals surface area contributed by atoms with Crippen LogP contribution in [-0.4, -0.2) is 19.9 Å². The molecule has 0 fully saturated rings. The first-order valence-electron chi connectivity index (χ1n) is 8.23. The molecule has 0 bridgehead atoms. The number of nitrogens with zero attached hydrogens (tertiary/aromatic N) is 1. The zero-order chi connectivity index (χ0) is 16.1. The molecule has 1 heterocycles. The molecule has 0 saturated heterocycles. The van der Waals surface area contributed by atoms with Gasteiger partial charge in [-0.05, 0) is 49.2 Å². The van der Waals surface area contributed by atoms with Gasteiger partial charge in [0.15, 0.2) is 11.5 Å². The molecule has 0 aromatic heterocycles. The summed E-state index contributed by atoms with van der Waals surface area (Å²) < 4.78 is 10.7. The summed E-state index contributed by atoms with van der Waals surface area (Å²) in [5.74, 6) is 1.67. The predicted molar refractivity (Wildman–Crippen MR) is 93.1 cm³/mol. The minimum Gasteiger partial charge on any atom is -1.00 e. The van der Waals surface area contributed by atoms with Crippen molar-refractivity contribution in [3.63, 3.8) is 0 Å². The second-order valence-electron chi connectivity index (χ2n) is 5.63. The number of halogens is 1. The van der Waals surface area contributed by atoms with Crippen molar-refractivity contribution in [1.82, 2.24) is 5.32 Å². The quantitative estimate of drug-likeness (QED) is 0.793. The molecular weight excluding hydrogens is 324 g/mol. The van der Waals surface area contributed by atoms with Crippen LogP contribution in [0.1, 0.15) is 25.0 Å². The van der Waals surface area contributed by atoms with Gasteiger partial charge in [0.1, 0.15) is 0 Å². The molecule has 0 radical (unpaired) electrons. The van der Waals surface area contributed by atoms with Crippen molar-refractivity contribution in [2.75, 3.05) is 24.8 Å².